The van der Waals surface area contributed by atoms with Gasteiger partial charge in [0.15, 0.2) is 0 Å². The van der Waals surface area contributed by atoms with Gasteiger partial charge in [-0.2, -0.15) is 0 Å². The SMILES string of the molecule is Clc1cccc2[te]ccc12. The first-order valence-corrected chi connectivity index (χ1v) is 5.88. The van der Waals surface area contributed by atoms with Gasteiger partial charge in [-0.25, -0.2) is 0 Å². The second-order valence-corrected chi connectivity index (χ2v) is 5.18. The molecule has 0 bridgehead atoms. The number of halogens is 1. The third-order valence-corrected chi connectivity index (χ3v) is 4.29. The van der Waals surface area contributed by atoms with Gasteiger partial charge < -0.3 is 0 Å². The van der Waals surface area contributed by atoms with Gasteiger partial charge in [-0.15, -0.1) is 0 Å². The van der Waals surface area contributed by atoms with Crippen LogP contribution in [0.15, 0.2) is 28.3 Å². The topological polar surface area (TPSA) is 0 Å². The Balaban J connectivity index is 2.95. The van der Waals surface area contributed by atoms with Crippen LogP contribution in [0.5, 0.6) is 0 Å². The normalized spacial score (nSPS) is 10.5. The Morgan fingerprint density at radius 2 is 2.10 bits per heavy atom. The molecule has 1 aromatic heterocycles. The first-order chi connectivity index (χ1) is 4.88. The van der Waals surface area contributed by atoms with Crippen molar-refractivity contribution in [1.29, 1.82) is 0 Å². The van der Waals surface area contributed by atoms with Gasteiger partial charge in [0.05, 0.1) is 0 Å². The molecule has 2 heteroatoms. The van der Waals surface area contributed by atoms with E-state index in [2.05, 4.69) is 16.2 Å². The van der Waals surface area contributed by atoms with E-state index in [1.807, 2.05) is 12.1 Å². The molecular weight excluding hydrogens is 259 g/mol. The molecule has 0 unspecified atom stereocenters. The van der Waals surface area contributed by atoms with E-state index in [1.54, 1.807) is 0 Å². The van der Waals surface area contributed by atoms with Crippen molar-refractivity contribution in [2.45, 2.75) is 0 Å². The average Bonchev–Trinajstić information content (AvgIpc) is 2.36. The maximum atomic E-state index is 5.94. The zero-order valence-corrected chi connectivity index (χ0v) is 8.26. The number of rotatable bonds is 0. The van der Waals surface area contributed by atoms with Crippen molar-refractivity contribution >= 4 is 40.8 Å². The summed E-state index contributed by atoms with van der Waals surface area (Å²) in [5.41, 5.74) is 0. The Morgan fingerprint density at radius 3 is 2.90 bits per heavy atom. The summed E-state index contributed by atoms with van der Waals surface area (Å²) in [4.78, 5) is 0. The van der Waals surface area contributed by atoms with E-state index in [0.717, 1.165) is 5.02 Å². The summed E-state index contributed by atoms with van der Waals surface area (Å²) in [6.45, 7) is 0. The molecule has 0 fully saturated rings. The number of hydrogen-bond acceptors (Lipinski definition) is 0. The Bertz CT molecular complexity index is 351. The summed E-state index contributed by atoms with van der Waals surface area (Å²) < 4.78 is 3.74. The third-order valence-electron chi connectivity index (χ3n) is 1.44. The summed E-state index contributed by atoms with van der Waals surface area (Å²) in [6.07, 6.45) is 0. The van der Waals surface area contributed by atoms with Gasteiger partial charge in [-0.3, -0.25) is 0 Å². The Labute approximate surface area is 74.0 Å². The predicted octanol–water partition coefficient (Wildman–Crippen LogP) is 2.55. The van der Waals surface area contributed by atoms with E-state index in [9.17, 15) is 0 Å². The van der Waals surface area contributed by atoms with Crippen LogP contribution < -0.4 is 0 Å². The number of fused-ring (bicyclic) bond motifs is 1. The Morgan fingerprint density at radius 1 is 1.20 bits per heavy atom. The minimum absolute atomic E-state index is 0.0223. The van der Waals surface area contributed by atoms with Crippen LogP contribution in [-0.2, 0) is 0 Å². The average molecular weight is 264 g/mol. The van der Waals surface area contributed by atoms with Crippen LogP contribution in [0.2, 0.25) is 5.02 Å². The number of benzene rings is 1. The van der Waals surface area contributed by atoms with E-state index in [4.69, 9.17) is 11.6 Å². The molecule has 10 heavy (non-hydrogen) atoms. The monoisotopic (exact) mass is 266 g/mol. The Hall–Kier alpha value is 0.0396. The molecule has 2 rings (SSSR count). The molecule has 0 amide bonds. The van der Waals surface area contributed by atoms with Crippen LogP contribution in [0.1, 0.15) is 0 Å². The first kappa shape index (κ1) is 6.73. The molecule has 0 radical (unpaired) electrons. The molecule has 0 atom stereocenters. The van der Waals surface area contributed by atoms with Gasteiger partial charge in [-0.05, 0) is 0 Å². The third kappa shape index (κ3) is 0.992. The van der Waals surface area contributed by atoms with Crippen molar-refractivity contribution in [3.8, 4) is 0 Å². The van der Waals surface area contributed by atoms with E-state index < -0.39 is 0 Å². The van der Waals surface area contributed by atoms with Crippen molar-refractivity contribution < 1.29 is 0 Å². The van der Waals surface area contributed by atoms with E-state index in [0.29, 0.717) is 0 Å². The van der Waals surface area contributed by atoms with Gasteiger partial charge in [-0.1, -0.05) is 0 Å². The molecule has 2 aromatic rings. The fraction of sp³-hybridized carbons (Fsp3) is 0. The summed E-state index contributed by atoms with van der Waals surface area (Å²) in [5, 5.41) is 2.16. The molecule has 1 aromatic carbocycles. The number of hydrogen-bond donors (Lipinski definition) is 0. The molecule has 0 aliphatic rings. The fourth-order valence-electron chi connectivity index (χ4n) is 0.957. The molecule has 0 saturated heterocycles. The van der Waals surface area contributed by atoms with Gasteiger partial charge in [0.1, 0.15) is 0 Å². The van der Waals surface area contributed by atoms with E-state index >= 15 is 0 Å². The summed E-state index contributed by atoms with van der Waals surface area (Å²) in [7, 11) is 0. The molecule has 0 aliphatic heterocycles. The van der Waals surface area contributed by atoms with Gasteiger partial charge in [0.25, 0.3) is 0 Å². The first-order valence-electron chi connectivity index (χ1n) is 2.99. The molecule has 50 valence electrons. The van der Waals surface area contributed by atoms with Gasteiger partial charge >= 0.3 is 74.2 Å². The van der Waals surface area contributed by atoms with Crippen molar-refractivity contribution in [2.75, 3.05) is 0 Å². The standard InChI is InChI=1S/C8H5ClTe/c9-7-2-1-3-8-6(7)4-5-10-8/h1-5H. The summed E-state index contributed by atoms with van der Waals surface area (Å²) >= 11 is 5.92. The van der Waals surface area contributed by atoms with E-state index in [-0.39, 0.29) is 20.4 Å². The molecule has 0 saturated carbocycles. The van der Waals surface area contributed by atoms with Crippen molar-refractivity contribution in [3.63, 3.8) is 0 Å². The van der Waals surface area contributed by atoms with Crippen LogP contribution >= 0.6 is 11.6 Å². The van der Waals surface area contributed by atoms with Crippen molar-refractivity contribution in [2.24, 2.45) is 0 Å². The summed E-state index contributed by atoms with van der Waals surface area (Å²) in [5.74, 6) is 0. The molecule has 0 N–H and O–H groups in total. The van der Waals surface area contributed by atoms with Gasteiger partial charge in [0.2, 0.25) is 0 Å². The zero-order valence-electron chi connectivity index (χ0n) is 5.17. The Kier molecular flexibility index (Phi) is 1.74. The van der Waals surface area contributed by atoms with Crippen LogP contribution in [0.25, 0.3) is 8.79 Å². The fourth-order valence-corrected chi connectivity index (χ4v) is 3.69. The van der Waals surface area contributed by atoms with Crippen LogP contribution in [0, 0.1) is 0 Å². The second-order valence-electron chi connectivity index (χ2n) is 2.07. The quantitative estimate of drug-likeness (QED) is 0.641. The van der Waals surface area contributed by atoms with Crippen molar-refractivity contribution in [3.05, 3.63) is 33.4 Å². The predicted molar refractivity (Wildman–Crippen MR) is 45.9 cm³/mol. The molecule has 1 heterocycles. The van der Waals surface area contributed by atoms with Crippen LogP contribution in [0.4, 0.5) is 0 Å². The second kappa shape index (κ2) is 2.58. The zero-order chi connectivity index (χ0) is 6.97. The van der Waals surface area contributed by atoms with E-state index in [1.165, 1.54) is 8.79 Å². The summed E-state index contributed by atoms with van der Waals surface area (Å²) in [6, 6.07) is 8.28. The maximum absolute atomic E-state index is 5.94. The minimum atomic E-state index is -0.0223. The molecule has 0 aliphatic carbocycles. The van der Waals surface area contributed by atoms with Crippen molar-refractivity contribution in [1.82, 2.24) is 0 Å². The molecule has 0 nitrogen and oxygen atoms in total. The molecule has 0 spiro atoms. The van der Waals surface area contributed by atoms with Crippen LogP contribution in [-0.4, -0.2) is 20.4 Å². The van der Waals surface area contributed by atoms with Crippen LogP contribution in [0.3, 0.4) is 0 Å². The molecular formula is C8H5ClTe. The van der Waals surface area contributed by atoms with Gasteiger partial charge in [0, 0.05) is 0 Å².